The van der Waals surface area contributed by atoms with Gasteiger partial charge < -0.3 is 4.90 Å². The van der Waals surface area contributed by atoms with Gasteiger partial charge in [-0.1, -0.05) is 11.6 Å². The van der Waals surface area contributed by atoms with Crippen molar-refractivity contribution in [2.24, 2.45) is 0 Å². The summed E-state index contributed by atoms with van der Waals surface area (Å²) < 4.78 is 1.77. The van der Waals surface area contributed by atoms with Crippen LogP contribution in [-0.2, 0) is 0 Å². The largest absolute Gasteiger partial charge is 0.362 e. The van der Waals surface area contributed by atoms with Crippen LogP contribution < -0.4 is 10.6 Å². The highest BCUT2D eigenvalue weighted by molar-refractivity contribution is 6.31. The Bertz CT molecular complexity index is 674. The van der Waals surface area contributed by atoms with Crippen molar-refractivity contribution in [1.29, 1.82) is 0 Å². The summed E-state index contributed by atoms with van der Waals surface area (Å²) in [5, 5.41) is 1.61. The van der Waals surface area contributed by atoms with E-state index in [9.17, 15) is 4.79 Å². The Balaban J connectivity index is 2.41. The third-order valence-electron chi connectivity index (χ3n) is 3.20. The van der Waals surface area contributed by atoms with Crippen LogP contribution in [0.5, 0.6) is 0 Å². The fourth-order valence-corrected chi connectivity index (χ4v) is 2.39. The predicted octanol–water partition coefficient (Wildman–Crippen LogP) is 2.45. The van der Waals surface area contributed by atoms with Gasteiger partial charge in [-0.25, -0.2) is 4.79 Å². The molecule has 0 saturated heterocycles. The molecule has 1 aromatic heterocycles. The van der Waals surface area contributed by atoms with E-state index in [0.717, 1.165) is 23.7 Å². The molecule has 0 atom stereocenters. The summed E-state index contributed by atoms with van der Waals surface area (Å²) in [6.45, 7) is 0. The van der Waals surface area contributed by atoms with Crippen molar-refractivity contribution < 1.29 is 0 Å². The first-order valence-corrected chi connectivity index (χ1v) is 6.35. The molecule has 0 N–H and O–H groups in total. The van der Waals surface area contributed by atoms with Crippen LogP contribution >= 0.6 is 11.6 Å². The molecule has 1 fully saturated rings. The Morgan fingerprint density at radius 3 is 2.72 bits per heavy atom. The lowest BCUT2D eigenvalue weighted by Gasteiger charge is -2.17. The number of hydrogen-bond donors (Lipinski definition) is 0. The number of halogens is 1. The van der Waals surface area contributed by atoms with E-state index in [0.29, 0.717) is 16.9 Å². The second-order valence-corrected chi connectivity index (χ2v) is 5.31. The molecule has 2 aromatic rings. The molecule has 0 aliphatic heterocycles. The molecule has 1 aromatic carbocycles. The molecule has 5 heteroatoms. The Labute approximate surface area is 110 Å². The fourth-order valence-electron chi connectivity index (χ4n) is 2.23. The van der Waals surface area contributed by atoms with Gasteiger partial charge in [-0.2, -0.15) is 4.98 Å². The van der Waals surface area contributed by atoms with E-state index in [2.05, 4.69) is 4.98 Å². The smallest absolute Gasteiger partial charge is 0.350 e. The van der Waals surface area contributed by atoms with Gasteiger partial charge in [0.1, 0.15) is 5.82 Å². The van der Waals surface area contributed by atoms with Crippen LogP contribution in [0.4, 0.5) is 5.82 Å². The second kappa shape index (κ2) is 3.99. The summed E-state index contributed by atoms with van der Waals surface area (Å²) in [7, 11) is 3.77. The SMILES string of the molecule is CN(C)c1nc(=O)n(C2CC2)c2cc(Cl)ccc12. The summed E-state index contributed by atoms with van der Waals surface area (Å²) in [6.07, 6.45) is 2.09. The first-order valence-electron chi connectivity index (χ1n) is 5.97. The molecule has 1 saturated carbocycles. The molecule has 1 aliphatic carbocycles. The van der Waals surface area contributed by atoms with Gasteiger partial charge >= 0.3 is 5.69 Å². The molecule has 0 bridgehead atoms. The molecule has 0 radical (unpaired) electrons. The normalized spacial score (nSPS) is 15.1. The molecule has 18 heavy (non-hydrogen) atoms. The van der Waals surface area contributed by atoms with E-state index in [1.807, 2.05) is 37.2 Å². The zero-order chi connectivity index (χ0) is 12.9. The van der Waals surface area contributed by atoms with Gasteiger partial charge in [-0.3, -0.25) is 4.57 Å². The Morgan fingerprint density at radius 1 is 1.39 bits per heavy atom. The van der Waals surface area contributed by atoms with Crippen LogP contribution in [0.25, 0.3) is 10.9 Å². The molecule has 0 amide bonds. The number of benzene rings is 1. The Kier molecular flexibility index (Phi) is 2.55. The molecule has 94 valence electrons. The Morgan fingerprint density at radius 2 is 2.11 bits per heavy atom. The number of nitrogens with zero attached hydrogens (tertiary/aromatic N) is 3. The highest BCUT2D eigenvalue weighted by Gasteiger charge is 2.27. The van der Waals surface area contributed by atoms with E-state index in [-0.39, 0.29) is 5.69 Å². The summed E-state index contributed by atoms with van der Waals surface area (Å²) >= 11 is 6.05. The molecular formula is C13H14ClN3O. The number of anilines is 1. The van der Waals surface area contributed by atoms with E-state index in [1.165, 1.54) is 0 Å². The van der Waals surface area contributed by atoms with E-state index in [1.54, 1.807) is 4.57 Å². The van der Waals surface area contributed by atoms with Gasteiger partial charge in [-0.15, -0.1) is 0 Å². The number of fused-ring (bicyclic) bond motifs is 1. The average molecular weight is 264 g/mol. The third-order valence-corrected chi connectivity index (χ3v) is 3.44. The van der Waals surface area contributed by atoms with Gasteiger partial charge in [-0.05, 0) is 31.0 Å². The van der Waals surface area contributed by atoms with Crippen LogP contribution in [0.15, 0.2) is 23.0 Å². The van der Waals surface area contributed by atoms with Crippen molar-refractivity contribution in [3.63, 3.8) is 0 Å². The second-order valence-electron chi connectivity index (χ2n) is 4.88. The van der Waals surface area contributed by atoms with Gasteiger partial charge in [0.2, 0.25) is 0 Å². The fraction of sp³-hybridized carbons (Fsp3) is 0.385. The predicted molar refractivity (Wildman–Crippen MR) is 73.6 cm³/mol. The van der Waals surface area contributed by atoms with Crippen LogP contribution in [0, 0.1) is 0 Å². The maximum absolute atomic E-state index is 12.1. The van der Waals surface area contributed by atoms with Crippen molar-refractivity contribution >= 4 is 28.3 Å². The summed E-state index contributed by atoms with van der Waals surface area (Å²) in [6, 6.07) is 5.91. The lowest BCUT2D eigenvalue weighted by Crippen LogP contribution is -2.26. The van der Waals surface area contributed by atoms with Gasteiger partial charge in [0.15, 0.2) is 0 Å². The van der Waals surface area contributed by atoms with E-state index < -0.39 is 0 Å². The summed E-state index contributed by atoms with van der Waals surface area (Å²) in [4.78, 5) is 18.2. The van der Waals surface area contributed by atoms with Crippen molar-refractivity contribution in [2.75, 3.05) is 19.0 Å². The zero-order valence-corrected chi connectivity index (χ0v) is 11.1. The lowest BCUT2D eigenvalue weighted by molar-refractivity contribution is 0.711. The van der Waals surface area contributed by atoms with Crippen LogP contribution in [0.3, 0.4) is 0 Å². The molecule has 0 unspecified atom stereocenters. The quantitative estimate of drug-likeness (QED) is 0.835. The number of hydrogen-bond acceptors (Lipinski definition) is 3. The van der Waals surface area contributed by atoms with Gasteiger partial charge in [0.05, 0.1) is 5.52 Å². The third kappa shape index (κ3) is 1.77. The van der Waals surface area contributed by atoms with E-state index >= 15 is 0 Å². The minimum atomic E-state index is -0.184. The molecule has 1 heterocycles. The van der Waals surface area contributed by atoms with E-state index in [4.69, 9.17) is 11.6 Å². The first-order chi connectivity index (χ1) is 8.58. The maximum Gasteiger partial charge on any atom is 0.350 e. The minimum absolute atomic E-state index is 0.184. The topological polar surface area (TPSA) is 38.1 Å². The number of rotatable bonds is 2. The molecule has 1 aliphatic rings. The molecule has 0 spiro atoms. The molecule has 3 rings (SSSR count). The number of aromatic nitrogens is 2. The average Bonchev–Trinajstić information content (AvgIpc) is 3.11. The van der Waals surface area contributed by atoms with Gasteiger partial charge in [0.25, 0.3) is 0 Å². The first kappa shape index (κ1) is 11.5. The maximum atomic E-state index is 12.1. The van der Waals surface area contributed by atoms with Gasteiger partial charge in [0, 0.05) is 30.5 Å². The zero-order valence-electron chi connectivity index (χ0n) is 10.4. The van der Waals surface area contributed by atoms with Crippen LogP contribution in [-0.4, -0.2) is 23.6 Å². The highest BCUT2D eigenvalue weighted by atomic mass is 35.5. The standard InChI is InChI=1S/C13H14ClN3O/c1-16(2)12-10-6-3-8(14)7-11(10)17(9-4-5-9)13(18)15-12/h3,6-7,9H,4-5H2,1-2H3. The van der Waals surface area contributed by atoms with Crippen LogP contribution in [0.2, 0.25) is 5.02 Å². The van der Waals surface area contributed by atoms with Crippen molar-refractivity contribution in [1.82, 2.24) is 9.55 Å². The monoisotopic (exact) mass is 263 g/mol. The van der Waals surface area contributed by atoms with Crippen LogP contribution in [0.1, 0.15) is 18.9 Å². The van der Waals surface area contributed by atoms with Crippen molar-refractivity contribution in [3.05, 3.63) is 33.7 Å². The molecule has 4 nitrogen and oxygen atoms in total. The Hall–Kier alpha value is -1.55. The summed E-state index contributed by atoms with van der Waals surface area (Å²) in [5.41, 5.74) is 0.699. The minimum Gasteiger partial charge on any atom is -0.362 e. The lowest BCUT2D eigenvalue weighted by atomic mass is 10.2. The highest BCUT2D eigenvalue weighted by Crippen LogP contribution is 2.37. The van der Waals surface area contributed by atoms with Crippen molar-refractivity contribution in [3.8, 4) is 0 Å². The summed E-state index contributed by atoms with van der Waals surface area (Å²) in [5.74, 6) is 0.698. The molecular weight excluding hydrogens is 250 g/mol. The van der Waals surface area contributed by atoms with Crippen molar-refractivity contribution in [2.45, 2.75) is 18.9 Å².